The summed E-state index contributed by atoms with van der Waals surface area (Å²) >= 11 is 0. The Bertz CT molecular complexity index is 873. The lowest BCUT2D eigenvalue weighted by molar-refractivity contribution is -0.384. The van der Waals surface area contributed by atoms with E-state index in [-0.39, 0.29) is 11.6 Å². The number of benzene rings is 2. The number of para-hydroxylation sites is 1. The molecule has 25 heavy (non-hydrogen) atoms. The molecule has 1 aromatic heterocycles. The third-order valence-electron chi connectivity index (χ3n) is 3.69. The molecule has 1 heterocycles. The number of nitrogens with zero attached hydrogens (tertiary/aromatic N) is 3. The number of anilines is 1. The lowest BCUT2D eigenvalue weighted by Gasteiger charge is -2.09. The number of amides is 1. The van der Waals surface area contributed by atoms with Gasteiger partial charge in [0.15, 0.2) is 0 Å². The maximum atomic E-state index is 12.1. The van der Waals surface area contributed by atoms with Crippen molar-refractivity contribution in [1.82, 2.24) is 9.55 Å². The summed E-state index contributed by atoms with van der Waals surface area (Å²) in [7, 11) is 0. The van der Waals surface area contributed by atoms with Crippen LogP contribution in [0.2, 0.25) is 0 Å². The van der Waals surface area contributed by atoms with E-state index in [9.17, 15) is 14.9 Å². The number of hydrogen-bond acceptors (Lipinski definition) is 4. The second-order valence-electron chi connectivity index (χ2n) is 5.41. The molecule has 1 amide bonds. The van der Waals surface area contributed by atoms with Gasteiger partial charge in [-0.15, -0.1) is 0 Å². The van der Waals surface area contributed by atoms with Crippen molar-refractivity contribution in [2.75, 3.05) is 5.32 Å². The molecule has 0 aliphatic carbocycles. The minimum atomic E-state index is -0.440. The fourth-order valence-electron chi connectivity index (χ4n) is 2.45. The number of non-ortho nitro benzene ring substituents is 1. The highest BCUT2D eigenvalue weighted by Crippen LogP contribution is 2.21. The van der Waals surface area contributed by atoms with Gasteiger partial charge in [-0.2, -0.15) is 0 Å². The number of carbonyl (C=O) groups excluding carboxylic acids is 1. The van der Waals surface area contributed by atoms with Gasteiger partial charge in [0.2, 0.25) is 5.91 Å². The van der Waals surface area contributed by atoms with Crippen molar-refractivity contribution in [1.29, 1.82) is 0 Å². The van der Waals surface area contributed by atoms with E-state index in [0.29, 0.717) is 18.8 Å². The first kappa shape index (κ1) is 16.4. The van der Waals surface area contributed by atoms with Crippen LogP contribution in [0.15, 0.2) is 67.0 Å². The summed E-state index contributed by atoms with van der Waals surface area (Å²) in [6.07, 6.45) is 3.73. The Morgan fingerprint density at radius 3 is 2.52 bits per heavy atom. The highest BCUT2D eigenvalue weighted by molar-refractivity contribution is 5.90. The summed E-state index contributed by atoms with van der Waals surface area (Å²) in [6.45, 7) is 0.463. The summed E-state index contributed by atoms with van der Waals surface area (Å²) in [5.74, 6) is 0.581. The Morgan fingerprint density at radius 2 is 1.84 bits per heavy atom. The minimum absolute atomic E-state index is 0.0316. The van der Waals surface area contributed by atoms with E-state index in [0.717, 1.165) is 11.3 Å². The molecule has 0 saturated heterocycles. The molecule has 0 aliphatic rings. The molecule has 0 aliphatic heterocycles. The molecular formula is C18H16N4O3. The lowest BCUT2D eigenvalue weighted by atomic mass is 10.2. The van der Waals surface area contributed by atoms with Gasteiger partial charge < -0.3 is 9.88 Å². The number of rotatable bonds is 6. The first-order chi connectivity index (χ1) is 12.1. The number of imidazole rings is 1. The van der Waals surface area contributed by atoms with Crippen molar-refractivity contribution in [2.24, 2.45) is 0 Å². The van der Waals surface area contributed by atoms with Crippen molar-refractivity contribution in [3.63, 3.8) is 0 Å². The van der Waals surface area contributed by atoms with E-state index in [1.165, 1.54) is 12.1 Å². The fourth-order valence-corrected chi connectivity index (χ4v) is 2.45. The van der Waals surface area contributed by atoms with Gasteiger partial charge in [-0.05, 0) is 24.3 Å². The number of nitrogens with one attached hydrogen (secondary N) is 1. The van der Waals surface area contributed by atoms with Crippen LogP contribution in [-0.4, -0.2) is 20.4 Å². The van der Waals surface area contributed by atoms with E-state index in [4.69, 9.17) is 0 Å². The zero-order chi connectivity index (χ0) is 17.6. The number of aromatic nitrogens is 2. The molecule has 3 aromatic rings. The zero-order valence-electron chi connectivity index (χ0n) is 13.3. The SMILES string of the molecule is O=C(CCn1ccnc1-c1ccc([N+](=O)[O-])cc1)Nc1ccccc1. The van der Waals surface area contributed by atoms with Gasteiger partial charge in [0, 0.05) is 48.7 Å². The van der Waals surface area contributed by atoms with Crippen LogP contribution in [0.3, 0.4) is 0 Å². The van der Waals surface area contributed by atoms with E-state index in [1.807, 2.05) is 34.9 Å². The topological polar surface area (TPSA) is 90.1 Å². The standard InChI is InChI=1S/C18H16N4O3/c23-17(20-15-4-2-1-3-5-15)10-12-21-13-11-19-18(21)14-6-8-16(9-7-14)22(24)25/h1-9,11,13H,10,12H2,(H,20,23). The van der Waals surface area contributed by atoms with Crippen molar-refractivity contribution < 1.29 is 9.72 Å². The summed E-state index contributed by atoms with van der Waals surface area (Å²) in [5, 5.41) is 13.6. The normalized spacial score (nSPS) is 10.4. The Labute approximate surface area is 144 Å². The van der Waals surface area contributed by atoms with Gasteiger partial charge in [-0.3, -0.25) is 14.9 Å². The molecule has 126 valence electrons. The average Bonchev–Trinajstić information content (AvgIpc) is 3.09. The van der Waals surface area contributed by atoms with E-state index >= 15 is 0 Å². The van der Waals surface area contributed by atoms with Crippen molar-refractivity contribution in [3.8, 4) is 11.4 Å². The highest BCUT2D eigenvalue weighted by Gasteiger charge is 2.10. The smallest absolute Gasteiger partial charge is 0.269 e. The van der Waals surface area contributed by atoms with Gasteiger partial charge in [0.05, 0.1) is 4.92 Å². The number of aryl methyl sites for hydroxylation is 1. The van der Waals surface area contributed by atoms with Gasteiger partial charge >= 0.3 is 0 Å². The monoisotopic (exact) mass is 336 g/mol. The number of nitro groups is 1. The number of carbonyl (C=O) groups is 1. The summed E-state index contributed by atoms with van der Waals surface area (Å²) in [5.41, 5.74) is 1.55. The van der Waals surface area contributed by atoms with Crippen LogP contribution in [0, 0.1) is 10.1 Å². The maximum absolute atomic E-state index is 12.1. The van der Waals surface area contributed by atoms with Crippen LogP contribution in [0.4, 0.5) is 11.4 Å². The molecule has 0 spiro atoms. The van der Waals surface area contributed by atoms with Gasteiger partial charge in [0.25, 0.3) is 5.69 Å². The number of hydrogen-bond donors (Lipinski definition) is 1. The Hall–Kier alpha value is -3.48. The molecule has 1 N–H and O–H groups in total. The molecule has 7 nitrogen and oxygen atoms in total. The fraction of sp³-hybridized carbons (Fsp3) is 0.111. The quantitative estimate of drug-likeness (QED) is 0.551. The molecule has 0 radical (unpaired) electrons. The molecule has 7 heteroatoms. The zero-order valence-corrected chi connectivity index (χ0v) is 13.3. The van der Waals surface area contributed by atoms with Crippen molar-refractivity contribution >= 4 is 17.3 Å². The van der Waals surface area contributed by atoms with Crippen LogP contribution >= 0.6 is 0 Å². The Balaban J connectivity index is 1.65. The lowest BCUT2D eigenvalue weighted by Crippen LogP contribution is -2.14. The Morgan fingerprint density at radius 1 is 1.12 bits per heavy atom. The molecule has 3 rings (SSSR count). The van der Waals surface area contributed by atoms with Crippen molar-refractivity contribution in [2.45, 2.75) is 13.0 Å². The maximum Gasteiger partial charge on any atom is 0.269 e. The predicted molar refractivity (Wildman–Crippen MR) is 94.0 cm³/mol. The van der Waals surface area contributed by atoms with E-state index in [1.54, 1.807) is 24.5 Å². The second-order valence-corrected chi connectivity index (χ2v) is 5.41. The summed E-state index contributed by atoms with van der Waals surface area (Å²) < 4.78 is 1.85. The van der Waals surface area contributed by atoms with E-state index in [2.05, 4.69) is 10.3 Å². The third kappa shape index (κ3) is 4.08. The first-order valence-corrected chi connectivity index (χ1v) is 7.74. The molecule has 0 saturated carbocycles. The summed E-state index contributed by atoms with van der Waals surface area (Å²) in [6, 6.07) is 15.5. The third-order valence-corrected chi connectivity index (χ3v) is 3.69. The minimum Gasteiger partial charge on any atom is -0.330 e. The van der Waals surface area contributed by atoms with Crippen LogP contribution in [0.25, 0.3) is 11.4 Å². The van der Waals surface area contributed by atoms with Crippen LogP contribution in [0.5, 0.6) is 0 Å². The van der Waals surface area contributed by atoms with Crippen LogP contribution < -0.4 is 5.32 Å². The molecule has 0 atom stereocenters. The van der Waals surface area contributed by atoms with Crippen molar-refractivity contribution in [3.05, 3.63) is 77.1 Å². The molecule has 0 bridgehead atoms. The molecular weight excluding hydrogens is 320 g/mol. The predicted octanol–water partition coefficient (Wildman–Crippen LogP) is 3.49. The Kier molecular flexibility index (Phi) is 4.84. The van der Waals surface area contributed by atoms with Gasteiger partial charge in [-0.1, -0.05) is 18.2 Å². The van der Waals surface area contributed by atoms with Crippen LogP contribution in [-0.2, 0) is 11.3 Å². The molecule has 0 unspecified atom stereocenters. The summed E-state index contributed by atoms with van der Waals surface area (Å²) in [4.78, 5) is 26.6. The second kappa shape index (κ2) is 7.39. The van der Waals surface area contributed by atoms with E-state index < -0.39 is 4.92 Å². The largest absolute Gasteiger partial charge is 0.330 e. The van der Waals surface area contributed by atoms with Gasteiger partial charge in [-0.25, -0.2) is 4.98 Å². The highest BCUT2D eigenvalue weighted by atomic mass is 16.6. The molecule has 2 aromatic carbocycles. The number of nitro benzene ring substituents is 1. The average molecular weight is 336 g/mol. The van der Waals surface area contributed by atoms with Gasteiger partial charge in [0.1, 0.15) is 5.82 Å². The van der Waals surface area contributed by atoms with Crippen LogP contribution in [0.1, 0.15) is 6.42 Å². The first-order valence-electron chi connectivity index (χ1n) is 7.74. The molecule has 0 fully saturated rings.